The van der Waals surface area contributed by atoms with E-state index in [2.05, 4.69) is 28.0 Å². The molecular formula is C10H11BrN2OS. The Morgan fingerprint density at radius 3 is 3.00 bits per heavy atom. The van der Waals surface area contributed by atoms with Gasteiger partial charge in [-0.15, -0.1) is 11.3 Å². The fraction of sp³-hybridized carbons (Fsp3) is 0.300. The standard InChI is InChI=1S/C10H11BrN2OS/c1-2-3-6-8(14-13-10(6)12)9-7(11)4-5-15-9/h4-5H,2-3H2,1H3,(H2,12,13). The lowest BCUT2D eigenvalue weighted by Gasteiger charge is -1.98. The number of halogens is 1. The molecule has 0 amide bonds. The van der Waals surface area contributed by atoms with Crippen LogP contribution in [0.2, 0.25) is 0 Å². The van der Waals surface area contributed by atoms with Crippen molar-refractivity contribution >= 4 is 33.1 Å². The molecule has 0 radical (unpaired) electrons. The lowest BCUT2D eigenvalue weighted by atomic mass is 10.1. The Kier molecular flexibility index (Phi) is 3.11. The first-order valence-electron chi connectivity index (χ1n) is 4.71. The third-order valence-electron chi connectivity index (χ3n) is 2.14. The van der Waals surface area contributed by atoms with Gasteiger partial charge in [0.1, 0.15) is 0 Å². The molecule has 0 aliphatic heterocycles. The number of aromatic nitrogens is 1. The molecule has 0 saturated heterocycles. The van der Waals surface area contributed by atoms with E-state index in [1.165, 1.54) is 0 Å². The van der Waals surface area contributed by atoms with Gasteiger partial charge < -0.3 is 10.3 Å². The second kappa shape index (κ2) is 4.37. The van der Waals surface area contributed by atoms with Crippen LogP contribution in [0.15, 0.2) is 20.4 Å². The Bertz CT molecular complexity index is 464. The first kappa shape index (κ1) is 10.7. The molecule has 2 N–H and O–H groups in total. The largest absolute Gasteiger partial charge is 0.381 e. The van der Waals surface area contributed by atoms with Crippen molar-refractivity contribution in [3.63, 3.8) is 0 Å². The number of hydrogen-bond donors (Lipinski definition) is 1. The van der Waals surface area contributed by atoms with Gasteiger partial charge in [-0.3, -0.25) is 0 Å². The molecule has 0 spiro atoms. The third kappa shape index (κ3) is 1.94. The van der Waals surface area contributed by atoms with Crippen molar-refractivity contribution in [3.05, 3.63) is 21.5 Å². The molecule has 80 valence electrons. The molecule has 0 unspecified atom stereocenters. The van der Waals surface area contributed by atoms with Gasteiger partial charge in [-0.25, -0.2) is 0 Å². The molecule has 0 atom stereocenters. The predicted molar refractivity (Wildman–Crippen MR) is 65.9 cm³/mol. The summed E-state index contributed by atoms with van der Waals surface area (Å²) in [6.45, 7) is 2.11. The van der Waals surface area contributed by atoms with E-state index in [4.69, 9.17) is 10.3 Å². The summed E-state index contributed by atoms with van der Waals surface area (Å²) in [5, 5.41) is 5.83. The highest BCUT2D eigenvalue weighted by Crippen LogP contribution is 2.37. The van der Waals surface area contributed by atoms with Gasteiger partial charge in [0.2, 0.25) is 0 Å². The molecule has 2 aromatic heterocycles. The predicted octanol–water partition coefficient (Wildman–Crippen LogP) is 3.70. The van der Waals surface area contributed by atoms with Crippen molar-refractivity contribution in [1.29, 1.82) is 0 Å². The molecule has 2 aromatic rings. The van der Waals surface area contributed by atoms with Crippen molar-refractivity contribution in [2.24, 2.45) is 0 Å². The first-order chi connectivity index (χ1) is 7.24. The molecule has 2 rings (SSSR count). The number of thiophene rings is 1. The summed E-state index contributed by atoms with van der Waals surface area (Å²) in [4.78, 5) is 1.06. The molecule has 5 heteroatoms. The topological polar surface area (TPSA) is 52.0 Å². The molecule has 0 aliphatic carbocycles. The molecule has 2 heterocycles. The fourth-order valence-corrected chi connectivity index (χ4v) is 3.00. The van der Waals surface area contributed by atoms with E-state index < -0.39 is 0 Å². The minimum Gasteiger partial charge on any atom is -0.381 e. The Labute approximate surface area is 100 Å². The van der Waals surface area contributed by atoms with Gasteiger partial charge >= 0.3 is 0 Å². The van der Waals surface area contributed by atoms with Crippen LogP contribution in [-0.4, -0.2) is 5.16 Å². The summed E-state index contributed by atoms with van der Waals surface area (Å²) in [5.41, 5.74) is 6.78. The lowest BCUT2D eigenvalue weighted by molar-refractivity contribution is 0.435. The van der Waals surface area contributed by atoms with E-state index in [0.717, 1.165) is 33.5 Å². The van der Waals surface area contributed by atoms with Crippen LogP contribution < -0.4 is 5.73 Å². The molecule has 0 bridgehead atoms. The number of hydrogen-bond acceptors (Lipinski definition) is 4. The molecule has 15 heavy (non-hydrogen) atoms. The Morgan fingerprint density at radius 2 is 2.40 bits per heavy atom. The molecule has 3 nitrogen and oxygen atoms in total. The van der Waals surface area contributed by atoms with Crippen LogP contribution in [0.3, 0.4) is 0 Å². The van der Waals surface area contributed by atoms with Crippen molar-refractivity contribution < 1.29 is 4.52 Å². The number of anilines is 1. The van der Waals surface area contributed by atoms with E-state index in [9.17, 15) is 0 Å². The van der Waals surface area contributed by atoms with E-state index in [-0.39, 0.29) is 0 Å². The van der Waals surface area contributed by atoms with Crippen molar-refractivity contribution in [2.75, 3.05) is 5.73 Å². The number of nitrogen functional groups attached to an aromatic ring is 1. The molecule has 0 fully saturated rings. The van der Waals surface area contributed by atoms with Gasteiger partial charge in [-0.1, -0.05) is 18.5 Å². The second-order valence-corrected chi connectivity index (χ2v) is 4.99. The van der Waals surface area contributed by atoms with Gasteiger partial charge in [0.15, 0.2) is 11.6 Å². The smallest absolute Gasteiger partial charge is 0.183 e. The number of nitrogens with zero attached hydrogens (tertiary/aromatic N) is 1. The van der Waals surface area contributed by atoms with Crippen LogP contribution in [0, 0.1) is 0 Å². The zero-order valence-corrected chi connectivity index (χ0v) is 10.7. The summed E-state index contributed by atoms with van der Waals surface area (Å²) in [6, 6.07) is 1.99. The SMILES string of the molecule is CCCc1c(N)noc1-c1sccc1Br. The van der Waals surface area contributed by atoms with Crippen LogP contribution >= 0.6 is 27.3 Å². The van der Waals surface area contributed by atoms with E-state index in [0.29, 0.717) is 5.82 Å². The first-order valence-corrected chi connectivity index (χ1v) is 6.38. The van der Waals surface area contributed by atoms with Crippen LogP contribution in [0.1, 0.15) is 18.9 Å². The number of rotatable bonds is 3. The van der Waals surface area contributed by atoms with Gasteiger partial charge in [0.05, 0.1) is 4.88 Å². The van der Waals surface area contributed by atoms with E-state index >= 15 is 0 Å². The summed E-state index contributed by atoms with van der Waals surface area (Å²) in [7, 11) is 0. The summed E-state index contributed by atoms with van der Waals surface area (Å²) in [6.07, 6.45) is 1.93. The van der Waals surface area contributed by atoms with Gasteiger partial charge in [-0.2, -0.15) is 0 Å². The summed E-state index contributed by atoms with van der Waals surface area (Å²) in [5.74, 6) is 1.31. The van der Waals surface area contributed by atoms with Gasteiger partial charge in [0, 0.05) is 10.0 Å². The highest BCUT2D eigenvalue weighted by atomic mass is 79.9. The summed E-state index contributed by atoms with van der Waals surface area (Å²) >= 11 is 5.10. The van der Waals surface area contributed by atoms with Crippen LogP contribution in [0.25, 0.3) is 10.6 Å². The number of nitrogens with two attached hydrogens (primary N) is 1. The van der Waals surface area contributed by atoms with Crippen LogP contribution in [-0.2, 0) is 6.42 Å². The van der Waals surface area contributed by atoms with Crippen molar-refractivity contribution in [3.8, 4) is 10.6 Å². The Hall–Kier alpha value is -0.810. The zero-order valence-electron chi connectivity index (χ0n) is 8.29. The lowest BCUT2D eigenvalue weighted by Crippen LogP contribution is -1.92. The monoisotopic (exact) mass is 286 g/mol. The minimum atomic E-state index is 0.507. The normalized spacial score (nSPS) is 10.8. The average molecular weight is 287 g/mol. The molecule has 0 aromatic carbocycles. The Balaban J connectivity index is 2.49. The highest BCUT2D eigenvalue weighted by Gasteiger charge is 2.17. The fourth-order valence-electron chi connectivity index (χ4n) is 1.45. The van der Waals surface area contributed by atoms with Crippen molar-refractivity contribution in [2.45, 2.75) is 19.8 Å². The summed E-state index contributed by atoms with van der Waals surface area (Å²) < 4.78 is 6.31. The Morgan fingerprint density at radius 1 is 1.60 bits per heavy atom. The van der Waals surface area contributed by atoms with Crippen LogP contribution in [0.5, 0.6) is 0 Å². The maximum atomic E-state index is 5.77. The minimum absolute atomic E-state index is 0.507. The van der Waals surface area contributed by atoms with Crippen LogP contribution in [0.4, 0.5) is 5.82 Å². The van der Waals surface area contributed by atoms with Gasteiger partial charge in [0.25, 0.3) is 0 Å². The van der Waals surface area contributed by atoms with E-state index in [1.807, 2.05) is 11.4 Å². The maximum absolute atomic E-state index is 5.77. The van der Waals surface area contributed by atoms with E-state index in [1.54, 1.807) is 11.3 Å². The quantitative estimate of drug-likeness (QED) is 0.936. The van der Waals surface area contributed by atoms with Gasteiger partial charge in [-0.05, 0) is 33.8 Å². The average Bonchev–Trinajstić information content (AvgIpc) is 2.76. The second-order valence-electron chi connectivity index (χ2n) is 3.22. The molecule has 0 aliphatic rings. The molecule has 0 saturated carbocycles. The maximum Gasteiger partial charge on any atom is 0.183 e. The third-order valence-corrected chi connectivity index (χ3v) is 3.98. The van der Waals surface area contributed by atoms with Crippen molar-refractivity contribution in [1.82, 2.24) is 5.16 Å². The highest BCUT2D eigenvalue weighted by molar-refractivity contribution is 9.10. The zero-order chi connectivity index (χ0) is 10.8. The molecular weight excluding hydrogens is 276 g/mol.